The van der Waals surface area contributed by atoms with Crippen LogP contribution in [0.2, 0.25) is 0 Å². The van der Waals surface area contributed by atoms with Crippen LogP contribution in [0.25, 0.3) is 0 Å². The molecule has 0 bridgehead atoms. The highest BCUT2D eigenvalue weighted by molar-refractivity contribution is 9.09. The Balaban J connectivity index is 1.90. The first-order valence-corrected chi connectivity index (χ1v) is 10.1. The van der Waals surface area contributed by atoms with Crippen molar-refractivity contribution in [1.82, 2.24) is 5.32 Å². The van der Waals surface area contributed by atoms with Gasteiger partial charge in [0.05, 0.1) is 4.88 Å². The van der Waals surface area contributed by atoms with Crippen LogP contribution in [0.15, 0.2) is 6.07 Å². The average molecular weight is 376 g/mol. The molecule has 0 aliphatic carbocycles. The van der Waals surface area contributed by atoms with Crippen molar-refractivity contribution in [1.29, 1.82) is 0 Å². The van der Waals surface area contributed by atoms with Crippen LogP contribution in [-0.2, 0) is 12.2 Å². The van der Waals surface area contributed by atoms with Crippen molar-refractivity contribution in [2.75, 3.05) is 17.6 Å². The van der Waals surface area contributed by atoms with E-state index in [2.05, 4.69) is 41.2 Å². The van der Waals surface area contributed by atoms with Gasteiger partial charge in [0.2, 0.25) is 0 Å². The molecule has 1 aromatic heterocycles. The molecule has 0 radical (unpaired) electrons. The molecule has 5 heteroatoms. The van der Waals surface area contributed by atoms with Gasteiger partial charge >= 0.3 is 0 Å². The second kappa shape index (κ2) is 7.32. The number of hydrogen-bond acceptors (Lipinski definition) is 3. The Bertz CT molecular complexity index is 447. The van der Waals surface area contributed by atoms with Gasteiger partial charge in [0.15, 0.2) is 0 Å². The molecule has 1 amide bonds. The lowest BCUT2D eigenvalue weighted by atomic mass is 9.88. The number of fused-ring (bicyclic) bond motifs is 1. The highest BCUT2D eigenvalue weighted by Gasteiger charge is 2.21. The summed E-state index contributed by atoms with van der Waals surface area (Å²) in [6.45, 7) is 5.17. The topological polar surface area (TPSA) is 29.1 Å². The van der Waals surface area contributed by atoms with E-state index >= 15 is 0 Å². The van der Waals surface area contributed by atoms with Gasteiger partial charge < -0.3 is 5.32 Å². The molecule has 0 atom stereocenters. The Kier molecular flexibility index (Phi) is 5.99. The fraction of sp³-hybridized carbons (Fsp3) is 0.667. The number of nitrogens with one attached hydrogen (secondary N) is 1. The minimum Gasteiger partial charge on any atom is -0.351 e. The van der Waals surface area contributed by atoms with Crippen molar-refractivity contribution in [3.63, 3.8) is 0 Å². The molecule has 1 N–H and O–H groups in total. The van der Waals surface area contributed by atoms with E-state index in [-0.39, 0.29) is 11.3 Å². The number of thiophene rings is 1. The molecule has 2 rings (SSSR count). The van der Waals surface area contributed by atoms with Crippen LogP contribution in [0, 0.1) is 5.41 Å². The number of hydrogen-bond donors (Lipinski definition) is 1. The number of halogens is 1. The van der Waals surface area contributed by atoms with E-state index in [9.17, 15) is 4.79 Å². The first-order valence-electron chi connectivity index (χ1n) is 7.05. The SMILES string of the molecule is CC(C)(CCCBr)CNC(=O)c1cc2c(s1)CCSC2. The number of aryl methyl sites for hydroxylation is 1. The Morgan fingerprint density at radius 1 is 1.50 bits per heavy atom. The lowest BCUT2D eigenvalue weighted by Crippen LogP contribution is -2.33. The van der Waals surface area contributed by atoms with Gasteiger partial charge in [-0.3, -0.25) is 4.79 Å². The second-order valence-electron chi connectivity index (χ2n) is 6.00. The van der Waals surface area contributed by atoms with Crippen LogP contribution in [0.3, 0.4) is 0 Å². The maximum Gasteiger partial charge on any atom is 0.261 e. The van der Waals surface area contributed by atoms with E-state index in [1.807, 2.05) is 11.8 Å². The lowest BCUT2D eigenvalue weighted by Gasteiger charge is -2.24. The van der Waals surface area contributed by atoms with E-state index in [1.165, 1.54) is 16.2 Å². The predicted molar refractivity (Wildman–Crippen MR) is 93.3 cm³/mol. The molecular formula is C15H22BrNOS2. The molecule has 112 valence electrons. The van der Waals surface area contributed by atoms with E-state index in [1.54, 1.807) is 11.3 Å². The molecule has 1 aliphatic heterocycles. The summed E-state index contributed by atoms with van der Waals surface area (Å²) in [5.41, 5.74) is 1.53. The quantitative estimate of drug-likeness (QED) is 0.743. The third kappa shape index (κ3) is 4.50. The molecule has 1 aliphatic rings. The van der Waals surface area contributed by atoms with Gasteiger partial charge in [-0.15, -0.1) is 11.3 Å². The summed E-state index contributed by atoms with van der Waals surface area (Å²) in [5.74, 6) is 2.35. The molecule has 0 spiro atoms. The van der Waals surface area contributed by atoms with Gasteiger partial charge in [0, 0.05) is 22.5 Å². The highest BCUT2D eigenvalue weighted by atomic mass is 79.9. The number of alkyl halides is 1. The van der Waals surface area contributed by atoms with Crippen molar-refractivity contribution in [2.45, 2.75) is 38.9 Å². The number of amides is 1. The molecule has 0 saturated carbocycles. The molecule has 2 heterocycles. The van der Waals surface area contributed by atoms with Crippen molar-refractivity contribution in [3.05, 3.63) is 21.4 Å². The summed E-state index contributed by atoms with van der Waals surface area (Å²) >= 11 is 7.10. The second-order valence-corrected chi connectivity index (χ2v) is 9.04. The summed E-state index contributed by atoms with van der Waals surface area (Å²) in [5, 5.41) is 4.13. The van der Waals surface area contributed by atoms with E-state index in [0.717, 1.165) is 41.8 Å². The third-order valence-electron chi connectivity index (χ3n) is 3.57. The largest absolute Gasteiger partial charge is 0.351 e. The van der Waals surface area contributed by atoms with Crippen LogP contribution in [0.4, 0.5) is 0 Å². The summed E-state index contributed by atoms with van der Waals surface area (Å²) in [6, 6.07) is 2.09. The summed E-state index contributed by atoms with van der Waals surface area (Å²) in [4.78, 5) is 14.6. The molecule has 0 saturated heterocycles. The molecule has 20 heavy (non-hydrogen) atoms. The third-order valence-corrected chi connectivity index (χ3v) is 6.37. The van der Waals surface area contributed by atoms with Crippen LogP contribution >= 0.6 is 39.0 Å². The molecule has 0 aromatic carbocycles. The van der Waals surface area contributed by atoms with Crippen LogP contribution in [-0.4, -0.2) is 23.5 Å². The number of carbonyl (C=O) groups is 1. The minimum atomic E-state index is 0.0984. The first-order chi connectivity index (χ1) is 9.52. The minimum absolute atomic E-state index is 0.0984. The van der Waals surface area contributed by atoms with Crippen LogP contribution < -0.4 is 5.32 Å². The van der Waals surface area contributed by atoms with E-state index in [0.29, 0.717) is 0 Å². The van der Waals surface area contributed by atoms with Gasteiger partial charge in [-0.1, -0.05) is 29.8 Å². The number of rotatable bonds is 6. The summed E-state index contributed by atoms with van der Waals surface area (Å²) in [7, 11) is 0. The average Bonchev–Trinajstić information content (AvgIpc) is 2.86. The standard InChI is InChI=1S/C15H22BrNOS2/c1-15(2,5-3-6-16)10-17-14(18)13-8-11-9-19-7-4-12(11)20-13/h8H,3-7,9-10H2,1-2H3,(H,17,18). The van der Waals surface area contributed by atoms with Gasteiger partial charge in [-0.05, 0) is 42.1 Å². The van der Waals surface area contributed by atoms with E-state index in [4.69, 9.17) is 0 Å². The Hall–Kier alpha value is -0.000000000000000111. The van der Waals surface area contributed by atoms with Gasteiger partial charge in [0.1, 0.15) is 0 Å². The zero-order valence-corrected chi connectivity index (χ0v) is 15.3. The fourth-order valence-corrected chi connectivity index (χ4v) is 4.87. The van der Waals surface area contributed by atoms with Gasteiger partial charge in [-0.2, -0.15) is 11.8 Å². The van der Waals surface area contributed by atoms with E-state index < -0.39 is 0 Å². The summed E-state index contributed by atoms with van der Waals surface area (Å²) in [6.07, 6.45) is 3.39. The lowest BCUT2D eigenvalue weighted by molar-refractivity contribution is 0.0938. The molecule has 0 unspecified atom stereocenters. The van der Waals surface area contributed by atoms with Gasteiger partial charge in [0.25, 0.3) is 5.91 Å². The van der Waals surface area contributed by atoms with Crippen molar-refractivity contribution in [3.8, 4) is 0 Å². The molecule has 0 fully saturated rings. The number of thioether (sulfide) groups is 1. The normalized spacial score (nSPS) is 14.9. The number of carbonyl (C=O) groups excluding carboxylic acids is 1. The van der Waals surface area contributed by atoms with Crippen molar-refractivity contribution < 1.29 is 4.79 Å². The molecular weight excluding hydrogens is 354 g/mol. The maximum atomic E-state index is 12.3. The first kappa shape index (κ1) is 16.4. The smallest absolute Gasteiger partial charge is 0.261 e. The monoisotopic (exact) mass is 375 g/mol. The Labute approximate surface area is 138 Å². The fourth-order valence-electron chi connectivity index (χ4n) is 2.30. The molecule has 2 nitrogen and oxygen atoms in total. The van der Waals surface area contributed by atoms with Gasteiger partial charge in [-0.25, -0.2) is 0 Å². The molecule has 1 aromatic rings. The Morgan fingerprint density at radius 3 is 3.00 bits per heavy atom. The van der Waals surface area contributed by atoms with Crippen molar-refractivity contribution >= 4 is 44.9 Å². The van der Waals surface area contributed by atoms with Crippen LogP contribution in [0.1, 0.15) is 46.8 Å². The zero-order valence-electron chi connectivity index (χ0n) is 12.1. The zero-order chi connectivity index (χ0) is 14.6. The Morgan fingerprint density at radius 2 is 2.30 bits per heavy atom. The summed E-state index contributed by atoms with van der Waals surface area (Å²) < 4.78 is 0. The highest BCUT2D eigenvalue weighted by Crippen LogP contribution is 2.31. The van der Waals surface area contributed by atoms with Crippen molar-refractivity contribution in [2.24, 2.45) is 5.41 Å². The van der Waals surface area contributed by atoms with Crippen LogP contribution in [0.5, 0.6) is 0 Å². The predicted octanol–water partition coefficient (Wildman–Crippen LogP) is 4.47. The maximum absolute atomic E-state index is 12.3.